The Hall–Kier alpha value is -1.64. The van der Waals surface area contributed by atoms with Crippen LogP contribution in [0, 0.1) is 5.82 Å². The molecule has 1 rings (SSSR count). The quantitative estimate of drug-likeness (QED) is 0.772. The standard InChI is InChI=1S/C12H13FO2/c1-8(2)6-11(12(14)15)9-4-3-5-10(13)7-9/h3-5,7,11H,1,6H2,2H3,(H,14,15). The molecule has 0 aliphatic rings. The van der Waals surface area contributed by atoms with Crippen LogP contribution in [0.2, 0.25) is 0 Å². The van der Waals surface area contributed by atoms with Crippen LogP contribution >= 0.6 is 0 Å². The molecular weight excluding hydrogens is 195 g/mol. The Morgan fingerprint density at radius 2 is 2.27 bits per heavy atom. The molecule has 0 aliphatic carbocycles. The van der Waals surface area contributed by atoms with E-state index < -0.39 is 17.7 Å². The summed E-state index contributed by atoms with van der Waals surface area (Å²) in [5.74, 6) is -2.08. The summed E-state index contributed by atoms with van der Waals surface area (Å²) < 4.78 is 12.9. The molecule has 2 nitrogen and oxygen atoms in total. The minimum atomic E-state index is -0.955. The first-order chi connectivity index (χ1) is 7.00. The van der Waals surface area contributed by atoms with E-state index in [-0.39, 0.29) is 0 Å². The smallest absolute Gasteiger partial charge is 0.311 e. The first-order valence-corrected chi connectivity index (χ1v) is 4.63. The summed E-state index contributed by atoms with van der Waals surface area (Å²) in [6.45, 7) is 5.43. The second-order valence-electron chi connectivity index (χ2n) is 3.61. The Morgan fingerprint density at radius 3 is 2.73 bits per heavy atom. The first kappa shape index (κ1) is 11.4. The lowest BCUT2D eigenvalue weighted by Crippen LogP contribution is -2.12. The van der Waals surface area contributed by atoms with Crippen molar-refractivity contribution in [2.45, 2.75) is 19.3 Å². The second-order valence-corrected chi connectivity index (χ2v) is 3.61. The highest BCUT2D eigenvalue weighted by Crippen LogP contribution is 2.23. The maximum atomic E-state index is 12.9. The lowest BCUT2D eigenvalue weighted by atomic mass is 9.93. The molecule has 0 spiro atoms. The van der Waals surface area contributed by atoms with Crippen LogP contribution in [0.4, 0.5) is 4.39 Å². The molecule has 1 aromatic rings. The minimum Gasteiger partial charge on any atom is -0.481 e. The number of hydrogen-bond donors (Lipinski definition) is 1. The lowest BCUT2D eigenvalue weighted by Gasteiger charge is -2.12. The van der Waals surface area contributed by atoms with E-state index in [1.54, 1.807) is 13.0 Å². The van der Waals surface area contributed by atoms with Gasteiger partial charge in [-0.2, -0.15) is 0 Å². The molecule has 0 saturated carbocycles. The molecule has 15 heavy (non-hydrogen) atoms. The summed E-state index contributed by atoms with van der Waals surface area (Å²) in [7, 11) is 0. The van der Waals surface area contributed by atoms with Gasteiger partial charge in [-0.15, -0.1) is 6.58 Å². The predicted molar refractivity (Wildman–Crippen MR) is 56.2 cm³/mol. The van der Waals surface area contributed by atoms with Gasteiger partial charge in [0.15, 0.2) is 0 Å². The fourth-order valence-electron chi connectivity index (χ4n) is 1.42. The molecule has 80 valence electrons. The van der Waals surface area contributed by atoms with Gasteiger partial charge >= 0.3 is 5.97 Å². The van der Waals surface area contributed by atoms with Crippen molar-refractivity contribution in [1.82, 2.24) is 0 Å². The summed E-state index contributed by atoms with van der Waals surface area (Å²) >= 11 is 0. The summed E-state index contributed by atoms with van der Waals surface area (Å²) in [6, 6.07) is 5.68. The van der Waals surface area contributed by atoms with E-state index in [4.69, 9.17) is 5.11 Å². The predicted octanol–water partition coefficient (Wildman–Crippen LogP) is 2.96. The SMILES string of the molecule is C=C(C)CC(C(=O)O)c1cccc(F)c1. The number of benzene rings is 1. The van der Waals surface area contributed by atoms with Crippen LogP contribution in [-0.4, -0.2) is 11.1 Å². The van der Waals surface area contributed by atoms with E-state index in [1.165, 1.54) is 18.2 Å². The summed E-state index contributed by atoms with van der Waals surface area (Å²) in [4.78, 5) is 11.0. The highest BCUT2D eigenvalue weighted by atomic mass is 19.1. The van der Waals surface area contributed by atoms with Crippen molar-refractivity contribution in [2.24, 2.45) is 0 Å². The van der Waals surface area contributed by atoms with Crippen LogP contribution in [0.25, 0.3) is 0 Å². The molecular formula is C12H13FO2. The van der Waals surface area contributed by atoms with Crippen LogP contribution in [0.3, 0.4) is 0 Å². The van der Waals surface area contributed by atoms with Gasteiger partial charge in [0, 0.05) is 0 Å². The molecule has 3 heteroatoms. The highest BCUT2D eigenvalue weighted by molar-refractivity contribution is 5.76. The van der Waals surface area contributed by atoms with Crippen molar-refractivity contribution in [3.63, 3.8) is 0 Å². The minimum absolute atomic E-state index is 0.332. The zero-order valence-electron chi connectivity index (χ0n) is 8.53. The number of hydrogen-bond acceptors (Lipinski definition) is 1. The van der Waals surface area contributed by atoms with Crippen molar-refractivity contribution >= 4 is 5.97 Å². The van der Waals surface area contributed by atoms with Gasteiger partial charge < -0.3 is 5.11 Å². The van der Waals surface area contributed by atoms with Crippen molar-refractivity contribution in [1.29, 1.82) is 0 Å². The summed E-state index contributed by atoms with van der Waals surface area (Å²) in [5, 5.41) is 9.00. The Morgan fingerprint density at radius 1 is 1.60 bits per heavy atom. The van der Waals surface area contributed by atoms with Crippen LogP contribution in [0.5, 0.6) is 0 Å². The van der Waals surface area contributed by atoms with Crippen molar-refractivity contribution in [3.8, 4) is 0 Å². The molecule has 0 fully saturated rings. The van der Waals surface area contributed by atoms with Gasteiger partial charge in [-0.3, -0.25) is 4.79 Å². The fourth-order valence-corrected chi connectivity index (χ4v) is 1.42. The number of carboxylic acids is 1. The summed E-state index contributed by atoms with van der Waals surface area (Å²) in [6.07, 6.45) is 0.332. The van der Waals surface area contributed by atoms with Crippen molar-refractivity contribution in [2.75, 3.05) is 0 Å². The molecule has 0 radical (unpaired) electrons. The second kappa shape index (κ2) is 4.73. The maximum absolute atomic E-state index is 12.9. The molecule has 0 aromatic heterocycles. The van der Waals surface area contributed by atoms with Gasteiger partial charge in [-0.05, 0) is 31.0 Å². The van der Waals surface area contributed by atoms with Crippen LogP contribution in [0.1, 0.15) is 24.8 Å². The number of aliphatic carboxylic acids is 1. The highest BCUT2D eigenvalue weighted by Gasteiger charge is 2.19. The van der Waals surface area contributed by atoms with Crippen molar-refractivity contribution in [3.05, 3.63) is 47.8 Å². The number of carboxylic acid groups (broad SMARTS) is 1. The third kappa shape index (κ3) is 3.20. The Balaban J connectivity index is 2.98. The molecule has 0 bridgehead atoms. The lowest BCUT2D eigenvalue weighted by molar-refractivity contribution is -0.138. The third-order valence-corrected chi connectivity index (χ3v) is 2.10. The molecule has 0 amide bonds. The van der Waals surface area contributed by atoms with Gasteiger partial charge in [0.2, 0.25) is 0 Å². The number of halogens is 1. The van der Waals surface area contributed by atoms with E-state index in [9.17, 15) is 9.18 Å². The third-order valence-electron chi connectivity index (χ3n) is 2.10. The van der Waals surface area contributed by atoms with Gasteiger partial charge in [0.1, 0.15) is 5.82 Å². The molecule has 1 aromatic carbocycles. The molecule has 1 N–H and O–H groups in total. The fraction of sp³-hybridized carbons (Fsp3) is 0.250. The Bertz CT molecular complexity index is 385. The zero-order valence-corrected chi connectivity index (χ0v) is 8.53. The van der Waals surface area contributed by atoms with E-state index in [1.807, 2.05) is 0 Å². The Kier molecular flexibility index (Phi) is 3.61. The van der Waals surface area contributed by atoms with Crippen LogP contribution in [-0.2, 0) is 4.79 Å². The topological polar surface area (TPSA) is 37.3 Å². The number of rotatable bonds is 4. The molecule has 1 atom stereocenters. The van der Waals surface area contributed by atoms with Gasteiger partial charge in [-0.1, -0.05) is 17.7 Å². The average molecular weight is 208 g/mol. The van der Waals surface area contributed by atoms with E-state index in [0.717, 1.165) is 5.57 Å². The maximum Gasteiger partial charge on any atom is 0.311 e. The van der Waals surface area contributed by atoms with Gasteiger partial charge in [-0.25, -0.2) is 4.39 Å². The number of carbonyl (C=O) groups is 1. The molecule has 0 saturated heterocycles. The zero-order chi connectivity index (χ0) is 11.4. The molecule has 0 aliphatic heterocycles. The monoisotopic (exact) mass is 208 g/mol. The number of allylic oxidation sites excluding steroid dienone is 1. The molecule has 0 heterocycles. The van der Waals surface area contributed by atoms with E-state index in [2.05, 4.69) is 6.58 Å². The van der Waals surface area contributed by atoms with Crippen LogP contribution in [0.15, 0.2) is 36.4 Å². The van der Waals surface area contributed by atoms with E-state index >= 15 is 0 Å². The largest absolute Gasteiger partial charge is 0.481 e. The van der Waals surface area contributed by atoms with Gasteiger partial charge in [0.05, 0.1) is 5.92 Å². The van der Waals surface area contributed by atoms with Gasteiger partial charge in [0.25, 0.3) is 0 Å². The van der Waals surface area contributed by atoms with Crippen molar-refractivity contribution < 1.29 is 14.3 Å². The summed E-state index contributed by atoms with van der Waals surface area (Å²) in [5.41, 5.74) is 1.25. The normalized spacial score (nSPS) is 12.1. The molecule has 1 unspecified atom stereocenters. The van der Waals surface area contributed by atoms with Crippen LogP contribution < -0.4 is 0 Å². The van der Waals surface area contributed by atoms with E-state index in [0.29, 0.717) is 12.0 Å². The average Bonchev–Trinajstić information content (AvgIpc) is 2.13. The first-order valence-electron chi connectivity index (χ1n) is 4.63. The Labute approximate surface area is 88.1 Å².